The summed E-state index contributed by atoms with van der Waals surface area (Å²) in [6, 6.07) is 11.5. The van der Waals surface area contributed by atoms with E-state index in [1.165, 1.54) is 11.8 Å². The van der Waals surface area contributed by atoms with Crippen molar-refractivity contribution in [2.24, 2.45) is 0 Å². The zero-order valence-electron chi connectivity index (χ0n) is 16.3. The molecule has 0 unspecified atom stereocenters. The number of hydrogen-bond acceptors (Lipinski definition) is 5. The van der Waals surface area contributed by atoms with Gasteiger partial charge in [0, 0.05) is 17.2 Å². The zero-order valence-corrected chi connectivity index (χ0v) is 17.1. The van der Waals surface area contributed by atoms with Crippen molar-refractivity contribution in [2.45, 2.75) is 12.5 Å². The van der Waals surface area contributed by atoms with Gasteiger partial charge in [-0.15, -0.1) is 0 Å². The van der Waals surface area contributed by atoms with E-state index in [2.05, 4.69) is 15.7 Å². The Morgan fingerprint density at radius 2 is 2.00 bits per heavy atom. The van der Waals surface area contributed by atoms with E-state index in [1.54, 1.807) is 31.5 Å². The predicted octanol–water partition coefficient (Wildman–Crippen LogP) is 3.74. The first-order valence-corrected chi connectivity index (χ1v) is 9.54. The van der Waals surface area contributed by atoms with Crippen LogP contribution in [0.3, 0.4) is 0 Å². The summed E-state index contributed by atoms with van der Waals surface area (Å²) in [5, 5.41) is 10.3. The van der Waals surface area contributed by atoms with Crippen LogP contribution < -0.4 is 20.1 Å². The summed E-state index contributed by atoms with van der Waals surface area (Å²) in [6.07, 6.45) is 1.56. The molecule has 154 valence electrons. The van der Waals surface area contributed by atoms with E-state index >= 15 is 0 Å². The standard InChI is InChI=1S/C21H19ClN4O4/c1-29-12-7-8-15(22)16(9-12)24-21(28)17-10-19(27)25-20-14(11-23-26(17)20)13-5-3-4-6-18(13)30-2/h3-9,11,17H,10H2,1-2H3,(H,24,28)(H,25,27)/t17-/m0/s1. The van der Waals surface area contributed by atoms with Crippen molar-refractivity contribution in [2.75, 3.05) is 24.9 Å². The van der Waals surface area contributed by atoms with E-state index < -0.39 is 11.9 Å². The highest BCUT2D eigenvalue weighted by molar-refractivity contribution is 6.33. The van der Waals surface area contributed by atoms with E-state index in [0.29, 0.717) is 33.6 Å². The quantitative estimate of drug-likeness (QED) is 0.648. The van der Waals surface area contributed by atoms with E-state index in [-0.39, 0.29) is 12.3 Å². The average Bonchev–Trinajstić information content (AvgIpc) is 3.18. The molecule has 2 amide bonds. The maximum atomic E-state index is 13.0. The topological polar surface area (TPSA) is 94.5 Å². The van der Waals surface area contributed by atoms with Crippen molar-refractivity contribution in [3.05, 3.63) is 53.7 Å². The second kappa shape index (κ2) is 8.08. The van der Waals surface area contributed by atoms with Gasteiger partial charge in [-0.1, -0.05) is 29.8 Å². The summed E-state index contributed by atoms with van der Waals surface area (Å²) in [7, 11) is 3.09. The average molecular weight is 427 g/mol. The van der Waals surface area contributed by atoms with Crippen molar-refractivity contribution < 1.29 is 19.1 Å². The minimum atomic E-state index is -0.834. The van der Waals surface area contributed by atoms with Gasteiger partial charge < -0.3 is 20.1 Å². The number of aromatic nitrogens is 2. The Morgan fingerprint density at radius 3 is 2.77 bits per heavy atom. The Labute approximate surface area is 177 Å². The summed E-state index contributed by atoms with van der Waals surface area (Å²) in [4.78, 5) is 25.4. The highest BCUT2D eigenvalue weighted by Crippen LogP contribution is 2.38. The lowest BCUT2D eigenvalue weighted by molar-refractivity contribution is -0.125. The van der Waals surface area contributed by atoms with Crippen LogP contribution in [0.4, 0.5) is 11.5 Å². The van der Waals surface area contributed by atoms with Crippen LogP contribution in [0.2, 0.25) is 5.02 Å². The van der Waals surface area contributed by atoms with Gasteiger partial charge in [-0.25, -0.2) is 4.68 Å². The molecular formula is C21H19ClN4O4. The van der Waals surface area contributed by atoms with E-state index in [9.17, 15) is 9.59 Å². The highest BCUT2D eigenvalue weighted by atomic mass is 35.5. The molecule has 2 heterocycles. The predicted molar refractivity (Wildman–Crippen MR) is 113 cm³/mol. The van der Waals surface area contributed by atoms with Gasteiger partial charge in [-0.05, 0) is 18.2 Å². The Kier molecular flexibility index (Phi) is 5.33. The number of benzene rings is 2. The molecule has 9 heteroatoms. The summed E-state index contributed by atoms with van der Waals surface area (Å²) in [5.41, 5.74) is 1.82. The molecule has 0 aliphatic carbocycles. The summed E-state index contributed by atoms with van der Waals surface area (Å²) in [6.45, 7) is 0. The number of ether oxygens (including phenoxy) is 2. The Balaban J connectivity index is 1.69. The lowest BCUT2D eigenvalue weighted by Gasteiger charge is -2.25. The number of rotatable bonds is 5. The van der Waals surface area contributed by atoms with E-state index in [1.807, 2.05) is 24.3 Å². The molecule has 4 rings (SSSR count). The fourth-order valence-corrected chi connectivity index (χ4v) is 3.54. The number of para-hydroxylation sites is 1. The molecule has 1 aliphatic rings. The zero-order chi connectivity index (χ0) is 21.3. The maximum absolute atomic E-state index is 13.0. The molecule has 8 nitrogen and oxygen atoms in total. The molecule has 0 spiro atoms. The van der Waals surface area contributed by atoms with Gasteiger partial charge in [0.2, 0.25) is 11.8 Å². The third-order valence-electron chi connectivity index (χ3n) is 4.86. The molecule has 0 saturated heterocycles. The van der Waals surface area contributed by atoms with Crippen LogP contribution in [0.1, 0.15) is 12.5 Å². The maximum Gasteiger partial charge on any atom is 0.249 e. The molecule has 0 radical (unpaired) electrons. The minimum absolute atomic E-state index is 0.0481. The van der Waals surface area contributed by atoms with Crippen LogP contribution in [-0.4, -0.2) is 35.8 Å². The van der Waals surface area contributed by atoms with E-state index in [4.69, 9.17) is 21.1 Å². The second-order valence-electron chi connectivity index (χ2n) is 6.65. The Bertz CT molecular complexity index is 1130. The molecule has 2 N–H and O–H groups in total. The highest BCUT2D eigenvalue weighted by Gasteiger charge is 2.34. The first-order valence-electron chi connectivity index (χ1n) is 9.17. The molecule has 1 aromatic heterocycles. The van der Waals surface area contributed by atoms with Gasteiger partial charge in [0.25, 0.3) is 0 Å². The van der Waals surface area contributed by atoms with Gasteiger partial charge in [-0.3, -0.25) is 9.59 Å². The first kappa shape index (κ1) is 19.8. The van der Waals surface area contributed by atoms with Gasteiger partial charge >= 0.3 is 0 Å². The van der Waals surface area contributed by atoms with Gasteiger partial charge in [0.05, 0.1) is 37.5 Å². The second-order valence-corrected chi connectivity index (χ2v) is 7.06. The monoisotopic (exact) mass is 426 g/mol. The van der Waals surface area contributed by atoms with Crippen LogP contribution in [0.25, 0.3) is 11.1 Å². The molecule has 1 atom stereocenters. The molecule has 0 fully saturated rings. The van der Waals surface area contributed by atoms with Crippen LogP contribution in [0.5, 0.6) is 11.5 Å². The number of amides is 2. The minimum Gasteiger partial charge on any atom is -0.497 e. The summed E-state index contributed by atoms with van der Waals surface area (Å²) < 4.78 is 12.1. The lowest BCUT2D eigenvalue weighted by atomic mass is 10.1. The number of anilines is 2. The Morgan fingerprint density at radius 1 is 1.20 bits per heavy atom. The lowest BCUT2D eigenvalue weighted by Crippen LogP contribution is -2.35. The van der Waals surface area contributed by atoms with E-state index in [0.717, 1.165) is 5.56 Å². The molecule has 1 aliphatic heterocycles. The van der Waals surface area contributed by atoms with Crippen molar-refractivity contribution in [1.82, 2.24) is 9.78 Å². The molecule has 0 bridgehead atoms. The van der Waals surface area contributed by atoms with Crippen LogP contribution >= 0.6 is 11.6 Å². The normalized spacial score (nSPS) is 15.2. The number of nitrogens with zero attached hydrogens (tertiary/aromatic N) is 2. The van der Waals surface area contributed by atoms with Crippen LogP contribution in [0, 0.1) is 0 Å². The van der Waals surface area contributed by atoms with Crippen molar-refractivity contribution in [1.29, 1.82) is 0 Å². The largest absolute Gasteiger partial charge is 0.497 e. The van der Waals surface area contributed by atoms with Gasteiger partial charge in [0.1, 0.15) is 23.4 Å². The SMILES string of the molecule is COc1ccc(Cl)c(NC(=O)[C@@H]2CC(=O)Nc3c(-c4ccccc4OC)cnn32)c1. The van der Waals surface area contributed by atoms with Crippen LogP contribution in [0.15, 0.2) is 48.7 Å². The van der Waals surface area contributed by atoms with Gasteiger partial charge in [0.15, 0.2) is 0 Å². The van der Waals surface area contributed by atoms with Crippen LogP contribution in [-0.2, 0) is 9.59 Å². The molecule has 30 heavy (non-hydrogen) atoms. The molecule has 3 aromatic rings. The number of fused-ring (bicyclic) bond motifs is 1. The van der Waals surface area contributed by atoms with Crippen molar-refractivity contribution in [3.8, 4) is 22.6 Å². The summed E-state index contributed by atoms with van der Waals surface area (Å²) >= 11 is 6.20. The first-order chi connectivity index (χ1) is 14.5. The number of halogens is 1. The number of carbonyl (C=O) groups excluding carboxylic acids is 2. The molecule has 0 saturated carbocycles. The summed E-state index contributed by atoms with van der Waals surface area (Å²) in [5.74, 6) is 0.936. The number of hydrogen-bond donors (Lipinski definition) is 2. The van der Waals surface area contributed by atoms with Crippen molar-refractivity contribution in [3.63, 3.8) is 0 Å². The third-order valence-corrected chi connectivity index (χ3v) is 5.19. The van der Waals surface area contributed by atoms with Crippen molar-refractivity contribution >= 4 is 34.9 Å². The fourth-order valence-electron chi connectivity index (χ4n) is 3.38. The van der Waals surface area contributed by atoms with Gasteiger partial charge in [-0.2, -0.15) is 5.10 Å². The molecule has 2 aromatic carbocycles. The number of nitrogens with one attached hydrogen (secondary N) is 2. The number of methoxy groups -OCH3 is 2. The fraction of sp³-hybridized carbons (Fsp3) is 0.190. The molecular weight excluding hydrogens is 408 g/mol. The number of carbonyl (C=O) groups is 2. The third kappa shape index (κ3) is 3.57. The Hall–Kier alpha value is -3.52. The smallest absolute Gasteiger partial charge is 0.249 e.